The molecule has 1 saturated carbocycles. The van der Waals surface area contributed by atoms with E-state index in [9.17, 15) is 4.79 Å². The maximum absolute atomic E-state index is 11.7. The molecule has 0 aromatic carbocycles. The van der Waals surface area contributed by atoms with Gasteiger partial charge in [-0.05, 0) is 25.8 Å². The van der Waals surface area contributed by atoms with E-state index in [4.69, 9.17) is 0 Å². The average molecular weight is 259 g/mol. The van der Waals surface area contributed by atoms with E-state index in [0.29, 0.717) is 5.13 Å². The summed E-state index contributed by atoms with van der Waals surface area (Å²) in [5, 5.41) is 3.57. The number of anilines is 1. The number of hydrogen-bond acceptors (Lipinski definition) is 4. The molecule has 4 nitrogen and oxygen atoms in total. The summed E-state index contributed by atoms with van der Waals surface area (Å²) in [6.07, 6.45) is 5.57. The summed E-state index contributed by atoms with van der Waals surface area (Å²) in [4.78, 5) is 21.2. The van der Waals surface area contributed by atoms with Gasteiger partial charge < -0.3 is 5.32 Å². The van der Waals surface area contributed by atoms with Crippen LogP contribution in [-0.2, 0) is 4.79 Å². The first-order valence-electron chi connectivity index (χ1n) is 5.93. The summed E-state index contributed by atoms with van der Waals surface area (Å²) in [6, 6.07) is 3.90. The standard InChI is InChI=1S/C13H13N3OS/c1-8-11(10-3-2-6-14-7-10)18-13(15-8)16-12(17)9-4-5-9/h2-3,6-7,9H,4-5H2,1H3,(H,15,16,17). The number of nitrogens with zero attached hydrogens (tertiary/aromatic N) is 2. The number of amides is 1. The van der Waals surface area contributed by atoms with Crippen LogP contribution in [0, 0.1) is 12.8 Å². The SMILES string of the molecule is Cc1nc(NC(=O)C2CC2)sc1-c1cccnc1. The lowest BCUT2D eigenvalue weighted by atomic mass is 10.2. The lowest BCUT2D eigenvalue weighted by molar-refractivity contribution is -0.117. The van der Waals surface area contributed by atoms with Crippen LogP contribution >= 0.6 is 11.3 Å². The van der Waals surface area contributed by atoms with Crippen LogP contribution in [0.15, 0.2) is 24.5 Å². The van der Waals surface area contributed by atoms with E-state index in [1.54, 1.807) is 6.20 Å². The van der Waals surface area contributed by atoms with Crippen molar-refractivity contribution in [1.29, 1.82) is 0 Å². The third kappa shape index (κ3) is 2.26. The molecule has 0 saturated heterocycles. The van der Waals surface area contributed by atoms with Crippen molar-refractivity contribution in [2.45, 2.75) is 19.8 Å². The van der Waals surface area contributed by atoms with E-state index in [0.717, 1.165) is 29.0 Å². The molecular formula is C13H13N3OS. The zero-order chi connectivity index (χ0) is 12.5. The molecule has 18 heavy (non-hydrogen) atoms. The highest BCUT2D eigenvalue weighted by molar-refractivity contribution is 7.19. The molecule has 3 rings (SSSR count). The summed E-state index contributed by atoms with van der Waals surface area (Å²) < 4.78 is 0. The van der Waals surface area contributed by atoms with Gasteiger partial charge in [-0.1, -0.05) is 17.4 Å². The van der Waals surface area contributed by atoms with E-state index in [-0.39, 0.29) is 11.8 Å². The van der Waals surface area contributed by atoms with Crippen molar-refractivity contribution in [3.05, 3.63) is 30.2 Å². The molecule has 0 unspecified atom stereocenters. The second-order valence-electron chi connectivity index (χ2n) is 4.44. The first-order chi connectivity index (χ1) is 8.74. The van der Waals surface area contributed by atoms with Gasteiger partial charge in [-0.25, -0.2) is 4.98 Å². The van der Waals surface area contributed by atoms with Gasteiger partial charge in [0.1, 0.15) is 0 Å². The molecule has 1 amide bonds. The number of thiazole rings is 1. The highest BCUT2D eigenvalue weighted by Crippen LogP contribution is 2.34. The number of aromatic nitrogens is 2. The van der Waals surface area contributed by atoms with Crippen LogP contribution in [0.4, 0.5) is 5.13 Å². The predicted molar refractivity (Wildman–Crippen MR) is 71.4 cm³/mol. The second kappa shape index (κ2) is 4.49. The molecule has 1 aliphatic carbocycles. The molecule has 2 heterocycles. The predicted octanol–water partition coefficient (Wildman–Crippen LogP) is 2.86. The van der Waals surface area contributed by atoms with Gasteiger partial charge in [-0.15, -0.1) is 0 Å². The van der Waals surface area contributed by atoms with Gasteiger partial charge in [-0.3, -0.25) is 9.78 Å². The largest absolute Gasteiger partial charge is 0.302 e. The fourth-order valence-corrected chi connectivity index (χ4v) is 2.73. The lowest BCUT2D eigenvalue weighted by Crippen LogP contribution is -2.12. The lowest BCUT2D eigenvalue weighted by Gasteiger charge is -1.97. The fraction of sp³-hybridized carbons (Fsp3) is 0.308. The Morgan fingerprint density at radius 3 is 3.00 bits per heavy atom. The molecule has 0 bridgehead atoms. The molecule has 0 atom stereocenters. The van der Waals surface area contributed by atoms with Crippen molar-refractivity contribution in [3.63, 3.8) is 0 Å². The van der Waals surface area contributed by atoms with Crippen LogP contribution in [0.3, 0.4) is 0 Å². The zero-order valence-electron chi connectivity index (χ0n) is 10.0. The third-order valence-corrected chi connectivity index (χ3v) is 4.02. The van der Waals surface area contributed by atoms with Crippen LogP contribution in [0.25, 0.3) is 10.4 Å². The molecule has 1 aliphatic rings. The summed E-state index contributed by atoms with van der Waals surface area (Å²) >= 11 is 1.50. The molecule has 2 aromatic heterocycles. The van der Waals surface area contributed by atoms with E-state index >= 15 is 0 Å². The first kappa shape index (κ1) is 11.3. The maximum Gasteiger partial charge on any atom is 0.229 e. The van der Waals surface area contributed by atoms with Crippen molar-refractivity contribution in [2.75, 3.05) is 5.32 Å². The summed E-state index contributed by atoms with van der Waals surface area (Å²) in [6.45, 7) is 1.95. The van der Waals surface area contributed by atoms with Gasteiger partial charge >= 0.3 is 0 Å². The molecule has 0 aliphatic heterocycles. The minimum absolute atomic E-state index is 0.0986. The number of carbonyl (C=O) groups is 1. The topological polar surface area (TPSA) is 54.9 Å². The Kier molecular flexibility index (Phi) is 2.83. The normalized spacial score (nSPS) is 14.5. The van der Waals surface area contributed by atoms with Gasteiger partial charge in [-0.2, -0.15) is 0 Å². The smallest absolute Gasteiger partial charge is 0.229 e. The summed E-state index contributed by atoms with van der Waals surface area (Å²) in [7, 11) is 0. The van der Waals surface area contributed by atoms with Crippen LogP contribution < -0.4 is 5.32 Å². The third-order valence-electron chi connectivity index (χ3n) is 2.90. The van der Waals surface area contributed by atoms with E-state index in [2.05, 4.69) is 15.3 Å². The highest BCUT2D eigenvalue weighted by atomic mass is 32.1. The van der Waals surface area contributed by atoms with E-state index in [1.807, 2.05) is 25.3 Å². The second-order valence-corrected chi connectivity index (χ2v) is 5.44. The Balaban J connectivity index is 1.84. The number of nitrogens with one attached hydrogen (secondary N) is 1. The molecule has 1 N–H and O–H groups in total. The van der Waals surface area contributed by atoms with Gasteiger partial charge in [0, 0.05) is 23.9 Å². The van der Waals surface area contributed by atoms with Crippen LogP contribution in [0.1, 0.15) is 18.5 Å². The van der Waals surface area contributed by atoms with E-state index in [1.165, 1.54) is 11.3 Å². The number of rotatable bonds is 3. The Bertz CT molecular complexity index is 575. The number of pyridine rings is 1. The molecule has 92 valence electrons. The molecule has 0 radical (unpaired) electrons. The minimum atomic E-state index is 0.0986. The Hall–Kier alpha value is -1.75. The van der Waals surface area contributed by atoms with Crippen LogP contribution in [-0.4, -0.2) is 15.9 Å². The number of aryl methyl sites for hydroxylation is 1. The quantitative estimate of drug-likeness (QED) is 0.922. The molecule has 0 spiro atoms. The average Bonchev–Trinajstić information content (AvgIpc) is 3.16. The molecule has 5 heteroatoms. The van der Waals surface area contributed by atoms with Crippen molar-refractivity contribution in [2.24, 2.45) is 5.92 Å². The van der Waals surface area contributed by atoms with Gasteiger partial charge in [0.2, 0.25) is 5.91 Å². The van der Waals surface area contributed by atoms with Crippen molar-refractivity contribution in [3.8, 4) is 10.4 Å². The Morgan fingerprint density at radius 2 is 2.33 bits per heavy atom. The minimum Gasteiger partial charge on any atom is -0.302 e. The summed E-state index contributed by atoms with van der Waals surface area (Å²) in [5.74, 6) is 0.303. The molecule has 2 aromatic rings. The fourth-order valence-electron chi connectivity index (χ4n) is 1.77. The number of carbonyl (C=O) groups excluding carboxylic acids is 1. The van der Waals surface area contributed by atoms with Crippen LogP contribution in [0.2, 0.25) is 0 Å². The molecule has 1 fully saturated rings. The maximum atomic E-state index is 11.7. The van der Waals surface area contributed by atoms with Gasteiger partial charge in [0.15, 0.2) is 5.13 Å². The van der Waals surface area contributed by atoms with E-state index < -0.39 is 0 Å². The number of hydrogen-bond donors (Lipinski definition) is 1. The van der Waals surface area contributed by atoms with Crippen molar-refractivity contribution < 1.29 is 4.79 Å². The monoisotopic (exact) mass is 259 g/mol. The first-order valence-corrected chi connectivity index (χ1v) is 6.74. The zero-order valence-corrected chi connectivity index (χ0v) is 10.8. The Morgan fingerprint density at radius 1 is 1.50 bits per heavy atom. The van der Waals surface area contributed by atoms with Crippen LogP contribution in [0.5, 0.6) is 0 Å². The highest BCUT2D eigenvalue weighted by Gasteiger charge is 2.30. The Labute approximate surface area is 109 Å². The van der Waals surface area contributed by atoms with Gasteiger partial charge in [0.25, 0.3) is 0 Å². The summed E-state index contributed by atoms with van der Waals surface area (Å²) in [5.41, 5.74) is 1.97. The van der Waals surface area contributed by atoms with Crippen molar-refractivity contribution in [1.82, 2.24) is 9.97 Å². The van der Waals surface area contributed by atoms with Crippen molar-refractivity contribution >= 4 is 22.4 Å². The molecular weight excluding hydrogens is 246 g/mol. The van der Waals surface area contributed by atoms with Gasteiger partial charge in [0.05, 0.1) is 10.6 Å².